The molecule has 0 spiro atoms. The number of carbonyl (C=O) groups excluding carboxylic acids is 1. The summed E-state index contributed by atoms with van der Waals surface area (Å²) in [6.07, 6.45) is -1.98. The van der Waals surface area contributed by atoms with Crippen molar-refractivity contribution in [3.63, 3.8) is 0 Å². The van der Waals surface area contributed by atoms with Gasteiger partial charge in [-0.05, 0) is 48.4 Å². The van der Waals surface area contributed by atoms with E-state index in [1.807, 2.05) is 26.0 Å². The zero-order valence-electron chi connectivity index (χ0n) is 16.2. The third-order valence-electron chi connectivity index (χ3n) is 4.87. The van der Waals surface area contributed by atoms with Crippen LogP contribution in [0.4, 0.5) is 13.2 Å². The maximum Gasteiger partial charge on any atom is 0.422 e. The Kier molecular flexibility index (Phi) is 6.42. The molecule has 0 heterocycles. The highest BCUT2D eigenvalue weighted by Gasteiger charge is 2.30. The van der Waals surface area contributed by atoms with Crippen LogP contribution in [-0.4, -0.2) is 24.9 Å². The van der Waals surface area contributed by atoms with E-state index in [4.69, 9.17) is 21.1 Å². The summed E-state index contributed by atoms with van der Waals surface area (Å²) >= 11 is 6.22. The molecule has 156 valence electrons. The Morgan fingerprint density at radius 1 is 1.17 bits per heavy atom. The van der Waals surface area contributed by atoms with E-state index in [2.05, 4.69) is 0 Å². The number of esters is 1. The Balaban J connectivity index is 1.98. The van der Waals surface area contributed by atoms with Crippen LogP contribution in [0.15, 0.2) is 36.4 Å². The van der Waals surface area contributed by atoms with Crippen molar-refractivity contribution < 1.29 is 27.4 Å². The number of hydrogen-bond acceptors (Lipinski definition) is 3. The number of alkyl halides is 3. The Morgan fingerprint density at radius 3 is 2.34 bits per heavy atom. The Labute approximate surface area is 172 Å². The molecule has 3 nitrogen and oxygen atoms in total. The number of hydrogen-bond donors (Lipinski definition) is 0. The first-order valence-electron chi connectivity index (χ1n) is 9.48. The van der Waals surface area contributed by atoms with Gasteiger partial charge >= 0.3 is 12.1 Å². The van der Waals surface area contributed by atoms with E-state index in [1.165, 1.54) is 12.1 Å². The normalized spacial score (nSPS) is 14.6. The van der Waals surface area contributed by atoms with Gasteiger partial charge in [-0.1, -0.05) is 49.7 Å². The fourth-order valence-corrected chi connectivity index (χ4v) is 3.26. The highest BCUT2D eigenvalue weighted by Crippen LogP contribution is 2.39. The molecule has 0 bridgehead atoms. The molecule has 3 rings (SSSR count). The molecule has 0 aromatic heterocycles. The number of carbonyl (C=O) groups is 1. The second-order valence-corrected chi connectivity index (χ2v) is 7.88. The van der Waals surface area contributed by atoms with Crippen LogP contribution in [0, 0.1) is 0 Å². The van der Waals surface area contributed by atoms with Gasteiger partial charge in [0.05, 0.1) is 10.6 Å². The Morgan fingerprint density at radius 2 is 1.83 bits per heavy atom. The zero-order valence-corrected chi connectivity index (χ0v) is 16.9. The number of rotatable bonds is 6. The molecule has 2 aromatic carbocycles. The first kappa shape index (κ1) is 21.5. The molecule has 7 heteroatoms. The minimum atomic E-state index is -4.51. The summed E-state index contributed by atoms with van der Waals surface area (Å²) in [5, 5.41) is -0.0692. The van der Waals surface area contributed by atoms with Crippen LogP contribution < -0.4 is 4.74 Å². The van der Waals surface area contributed by atoms with Crippen molar-refractivity contribution in [2.75, 3.05) is 6.61 Å². The van der Waals surface area contributed by atoms with Crippen LogP contribution in [0.5, 0.6) is 5.75 Å². The number of ether oxygens (including phenoxy) is 2. The van der Waals surface area contributed by atoms with Crippen molar-refractivity contribution in [2.45, 2.75) is 51.3 Å². The zero-order chi connectivity index (χ0) is 21.2. The molecule has 0 saturated heterocycles. The van der Waals surface area contributed by atoms with Gasteiger partial charge in [-0.3, -0.25) is 0 Å². The smallest absolute Gasteiger partial charge is 0.422 e. The van der Waals surface area contributed by atoms with Crippen LogP contribution in [0.1, 0.15) is 54.9 Å². The van der Waals surface area contributed by atoms with E-state index in [0.29, 0.717) is 17.0 Å². The third kappa shape index (κ3) is 5.44. The molecule has 0 atom stereocenters. The van der Waals surface area contributed by atoms with Gasteiger partial charge in [0, 0.05) is 5.56 Å². The van der Waals surface area contributed by atoms with Crippen LogP contribution in [0.2, 0.25) is 5.02 Å². The van der Waals surface area contributed by atoms with Crippen LogP contribution >= 0.6 is 11.6 Å². The average Bonchev–Trinajstić information content (AvgIpc) is 2.62. The predicted octanol–water partition coefficient (Wildman–Crippen LogP) is 6.78. The summed E-state index contributed by atoms with van der Waals surface area (Å²) in [4.78, 5) is 12.5. The molecular formula is C22H22ClF3O3. The van der Waals surface area contributed by atoms with Gasteiger partial charge in [-0.25, -0.2) is 4.79 Å². The van der Waals surface area contributed by atoms with E-state index in [9.17, 15) is 18.0 Å². The van der Waals surface area contributed by atoms with Crippen molar-refractivity contribution in [3.05, 3.63) is 52.5 Å². The Hall–Kier alpha value is -2.21. The highest BCUT2D eigenvalue weighted by molar-refractivity contribution is 6.33. The summed E-state index contributed by atoms with van der Waals surface area (Å²) in [6, 6.07) is 10.1. The standard InChI is InChI=1S/C22H22ClF3O3/c1-13(2)14-6-8-15(9-7-14)18-10-16(21(27)29-17-4-3-5-17)11-19(23)20(18)28-12-22(24,25)26/h6-11,13,17H,3-5,12H2,1-2H3. The first-order valence-corrected chi connectivity index (χ1v) is 9.86. The van der Waals surface area contributed by atoms with E-state index in [0.717, 1.165) is 24.8 Å². The second-order valence-electron chi connectivity index (χ2n) is 7.47. The minimum absolute atomic E-state index is 0.0692. The maximum atomic E-state index is 12.7. The van der Waals surface area contributed by atoms with Crippen molar-refractivity contribution in [1.82, 2.24) is 0 Å². The highest BCUT2D eigenvalue weighted by atomic mass is 35.5. The van der Waals surface area contributed by atoms with E-state index >= 15 is 0 Å². The van der Waals surface area contributed by atoms with Crippen LogP contribution in [-0.2, 0) is 4.74 Å². The molecule has 0 amide bonds. The largest absolute Gasteiger partial charge is 0.482 e. The van der Waals surface area contributed by atoms with E-state index in [-0.39, 0.29) is 22.4 Å². The molecule has 29 heavy (non-hydrogen) atoms. The molecule has 1 aliphatic carbocycles. The Bertz CT molecular complexity index is 872. The molecule has 1 fully saturated rings. The minimum Gasteiger partial charge on any atom is -0.482 e. The van der Waals surface area contributed by atoms with Crippen LogP contribution in [0.3, 0.4) is 0 Å². The van der Waals surface area contributed by atoms with Crippen molar-refractivity contribution in [2.24, 2.45) is 0 Å². The number of halogens is 4. The molecule has 0 N–H and O–H groups in total. The van der Waals surface area contributed by atoms with E-state index < -0.39 is 18.8 Å². The number of benzene rings is 2. The fraction of sp³-hybridized carbons (Fsp3) is 0.409. The summed E-state index contributed by atoms with van der Waals surface area (Å²) in [5.41, 5.74) is 2.19. The van der Waals surface area contributed by atoms with E-state index in [1.54, 1.807) is 12.1 Å². The lowest BCUT2D eigenvalue weighted by Gasteiger charge is -2.25. The molecule has 0 radical (unpaired) electrons. The molecule has 2 aromatic rings. The molecule has 0 unspecified atom stereocenters. The van der Waals surface area contributed by atoms with Gasteiger partial charge in [0.2, 0.25) is 0 Å². The molecule has 1 aliphatic rings. The topological polar surface area (TPSA) is 35.5 Å². The summed E-state index contributed by atoms with van der Waals surface area (Å²) in [7, 11) is 0. The van der Waals surface area contributed by atoms with Crippen LogP contribution in [0.25, 0.3) is 11.1 Å². The lowest BCUT2D eigenvalue weighted by atomic mass is 9.95. The molecular weight excluding hydrogens is 405 g/mol. The predicted molar refractivity (Wildman–Crippen MR) is 106 cm³/mol. The van der Waals surface area contributed by atoms with Gasteiger partial charge in [0.1, 0.15) is 11.9 Å². The average molecular weight is 427 g/mol. The summed E-state index contributed by atoms with van der Waals surface area (Å²) in [5.74, 6) is -0.349. The molecule has 0 aliphatic heterocycles. The van der Waals surface area contributed by atoms with Crippen molar-refractivity contribution in [3.8, 4) is 16.9 Å². The lowest BCUT2D eigenvalue weighted by Crippen LogP contribution is -2.25. The fourth-order valence-electron chi connectivity index (χ4n) is 2.98. The van der Waals surface area contributed by atoms with Crippen molar-refractivity contribution in [1.29, 1.82) is 0 Å². The summed E-state index contributed by atoms with van der Waals surface area (Å²) < 4.78 is 48.5. The monoisotopic (exact) mass is 426 g/mol. The van der Waals surface area contributed by atoms with Gasteiger partial charge in [-0.15, -0.1) is 0 Å². The van der Waals surface area contributed by atoms with Gasteiger partial charge < -0.3 is 9.47 Å². The van der Waals surface area contributed by atoms with Gasteiger partial charge in [-0.2, -0.15) is 13.2 Å². The van der Waals surface area contributed by atoms with Crippen molar-refractivity contribution >= 4 is 17.6 Å². The second kappa shape index (κ2) is 8.66. The van der Waals surface area contributed by atoms with Gasteiger partial charge in [0.15, 0.2) is 6.61 Å². The van der Waals surface area contributed by atoms with Gasteiger partial charge in [0.25, 0.3) is 0 Å². The summed E-state index contributed by atoms with van der Waals surface area (Å²) in [6.45, 7) is 2.61. The first-order chi connectivity index (χ1) is 13.6. The quantitative estimate of drug-likeness (QED) is 0.477. The SMILES string of the molecule is CC(C)c1ccc(-c2cc(C(=O)OC3CCC3)cc(Cl)c2OCC(F)(F)F)cc1. The lowest BCUT2D eigenvalue weighted by molar-refractivity contribution is -0.153. The maximum absolute atomic E-state index is 12.7. The third-order valence-corrected chi connectivity index (χ3v) is 5.15. The molecule has 1 saturated carbocycles.